The summed E-state index contributed by atoms with van der Waals surface area (Å²) in [7, 11) is 1.71. The molecule has 0 bridgehead atoms. The fourth-order valence-corrected chi connectivity index (χ4v) is 4.72. The highest BCUT2D eigenvalue weighted by Gasteiger charge is 2.25. The Hall–Kier alpha value is -3.59. The molecule has 1 unspecified atom stereocenters. The summed E-state index contributed by atoms with van der Waals surface area (Å²) in [6.07, 6.45) is 3.16. The predicted octanol–water partition coefficient (Wildman–Crippen LogP) is 3.17. The molecule has 1 saturated heterocycles. The van der Waals surface area contributed by atoms with Gasteiger partial charge in [0, 0.05) is 32.6 Å². The zero-order valence-corrected chi connectivity index (χ0v) is 19.6. The van der Waals surface area contributed by atoms with Crippen molar-refractivity contribution in [1.82, 2.24) is 19.1 Å². The van der Waals surface area contributed by atoms with E-state index in [0.29, 0.717) is 41.5 Å². The molecule has 1 aliphatic heterocycles. The molecule has 3 heterocycles. The molecule has 0 amide bonds. The van der Waals surface area contributed by atoms with Crippen LogP contribution in [0, 0.1) is 11.6 Å². The van der Waals surface area contributed by atoms with E-state index in [-0.39, 0.29) is 18.1 Å². The lowest BCUT2D eigenvalue weighted by Gasteiger charge is -2.31. The summed E-state index contributed by atoms with van der Waals surface area (Å²) >= 11 is 0. The first-order valence-electron chi connectivity index (χ1n) is 11.8. The number of halogens is 2. The van der Waals surface area contributed by atoms with Crippen molar-refractivity contribution in [1.29, 1.82) is 0 Å². The monoisotopic (exact) mass is 478 g/mol. The summed E-state index contributed by atoms with van der Waals surface area (Å²) in [5.41, 5.74) is 8.38. The van der Waals surface area contributed by atoms with Crippen LogP contribution in [-0.2, 0) is 26.4 Å². The molecule has 1 aliphatic rings. The van der Waals surface area contributed by atoms with Crippen molar-refractivity contribution in [2.24, 2.45) is 12.8 Å². The number of aryl methyl sites for hydroxylation is 2. The number of benzene rings is 2. The Labute approximate surface area is 201 Å². The highest BCUT2D eigenvalue weighted by Crippen LogP contribution is 2.25. The maximum Gasteiger partial charge on any atom is 0.279 e. The normalized spacial score (nSPS) is 16.2. The molecule has 0 saturated carbocycles. The van der Waals surface area contributed by atoms with Gasteiger partial charge >= 0.3 is 0 Å². The van der Waals surface area contributed by atoms with E-state index in [1.54, 1.807) is 16.2 Å². The van der Waals surface area contributed by atoms with Gasteiger partial charge in [-0.2, -0.15) is 4.98 Å². The molecule has 2 N–H and O–H groups in total. The number of piperidine rings is 1. The quantitative estimate of drug-likeness (QED) is 0.460. The third-order valence-corrected chi connectivity index (χ3v) is 6.60. The average Bonchev–Trinajstić information content (AvgIpc) is 3.21. The van der Waals surface area contributed by atoms with Gasteiger partial charge in [0.25, 0.3) is 5.56 Å². The molecule has 1 atom stereocenters. The summed E-state index contributed by atoms with van der Waals surface area (Å²) in [4.78, 5) is 25.1. The molecule has 1 fully saturated rings. The molecule has 2 aromatic carbocycles. The molecular formula is C26H28F2N6O. The summed E-state index contributed by atoms with van der Waals surface area (Å²) in [5, 5.41) is 0. The first-order chi connectivity index (χ1) is 16.9. The van der Waals surface area contributed by atoms with E-state index in [4.69, 9.17) is 15.7 Å². The number of hydrogen-bond acceptors (Lipinski definition) is 5. The highest BCUT2D eigenvalue weighted by molar-refractivity contribution is 5.74. The Bertz CT molecular complexity index is 1420. The van der Waals surface area contributed by atoms with E-state index in [1.807, 2.05) is 30.3 Å². The SMILES string of the molecule is Cn1c(CCc2ccccc2)nc2nc(N3CCCC(N)C3)n(Cc3ccc(F)c(F)c3)c2c1=O. The van der Waals surface area contributed by atoms with Gasteiger partial charge < -0.3 is 10.6 Å². The van der Waals surface area contributed by atoms with Gasteiger partial charge in [0.05, 0.1) is 6.54 Å². The average molecular weight is 479 g/mol. The van der Waals surface area contributed by atoms with E-state index in [9.17, 15) is 13.6 Å². The van der Waals surface area contributed by atoms with Gasteiger partial charge in [0.2, 0.25) is 5.95 Å². The van der Waals surface area contributed by atoms with Gasteiger partial charge in [-0.25, -0.2) is 13.8 Å². The molecule has 0 radical (unpaired) electrons. The van der Waals surface area contributed by atoms with Crippen molar-refractivity contribution >= 4 is 17.1 Å². The van der Waals surface area contributed by atoms with Gasteiger partial charge in [-0.1, -0.05) is 36.4 Å². The van der Waals surface area contributed by atoms with Crippen LogP contribution in [0.15, 0.2) is 53.3 Å². The van der Waals surface area contributed by atoms with Crippen LogP contribution in [0.5, 0.6) is 0 Å². The van der Waals surface area contributed by atoms with Gasteiger partial charge in [-0.15, -0.1) is 0 Å². The van der Waals surface area contributed by atoms with E-state index in [1.165, 1.54) is 6.07 Å². The van der Waals surface area contributed by atoms with Gasteiger partial charge in [0.15, 0.2) is 22.8 Å². The zero-order chi connectivity index (χ0) is 24.5. The van der Waals surface area contributed by atoms with Crippen molar-refractivity contribution in [2.75, 3.05) is 18.0 Å². The van der Waals surface area contributed by atoms with E-state index in [0.717, 1.165) is 43.5 Å². The number of aromatic nitrogens is 4. The standard InChI is InChI=1S/C26H28F2N6O/c1-32-22(12-10-17-6-3-2-4-7-17)30-24-23(25(32)35)34(15-18-9-11-20(27)21(28)14-18)26(31-24)33-13-5-8-19(29)16-33/h2-4,6-7,9,11,14,19H,5,8,10,12-13,15-16,29H2,1H3. The van der Waals surface area contributed by atoms with Crippen LogP contribution < -0.4 is 16.2 Å². The highest BCUT2D eigenvalue weighted by atomic mass is 19.2. The molecule has 7 nitrogen and oxygen atoms in total. The lowest BCUT2D eigenvalue weighted by atomic mass is 10.1. The van der Waals surface area contributed by atoms with Crippen molar-refractivity contribution in [2.45, 2.75) is 38.3 Å². The van der Waals surface area contributed by atoms with Crippen molar-refractivity contribution in [3.8, 4) is 0 Å². The molecule has 9 heteroatoms. The second-order valence-electron chi connectivity index (χ2n) is 9.14. The summed E-state index contributed by atoms with van der Waals surface area (Å²) in [5.74, 6) is -0.620. The lowest BCUT2D eigenvalue weighted by molar-refractivity contribution is 0.494. The summed E-state index contributed by atoms with van der Waals surface area (Å²) < 4.78 is 30.8. The number of nitrogens with zero attached hydrogens (tertiary/aromatic N) is 5. The van der Waals surface area contributed by atoms with Crippen molar-refractivity contribution in [3.05, 3.63) is 87.5 Å². The van der Waals surface area contributed by atoms with Crippen LogP contribution >= 0.6 is 0 Å². The van der Waals surface area contributed by atoms with Crippen LogP contribution in [0.3, 0.4) is 0 Å². The summed E-state index contributed by atoms with van der Waals surface area (Å²) in [6.45, 7) is 1.51. The second-order valence-corrected chi connectivity index (χ2v) is 9.14. The molecule has 35 heavy (non-hydrogen) atoms. The molecule has 5 rings (SSSR count). The number of rotatable bonds is 6. The topological polar surface area (TPSA) is 82.0 Å². The lowest BCUT2D eigenvalue weighted by Crippen LogP contribution is -2.44. The van der Waals surface area contributed by atoms with Crippen molar-refractivity contribution in [3.63, 3.8) is 0 Å². The number of hydrogen-bond donors (Lipinski definition) is 1. The number of fused-ring (bicyclic) bond motifs is 1. The first kappa shape index (κ1) is 23.2. The molecule has 4 aromatic rings. The first-order valence-corrected chi connectivity index (χ1v) is 11.8. The van der Waals surface area contributed by atoms with Crippen LogP contribution in [0.1, 0.15) is 29.8 Å². The van der Waals surface area contributed by atoms with Gasteiger partial charge in [-0.3, -0.25) is 13.9 Å². The second kappa shape index (κ2) is 9.58. The Morgan fingerprint density at radius 3 is 2.57 bits per heavy atom. The van der Waals surface area contributed by atoms with Crippen LogP contribution in [0.4, 0.5) is 14.7 Å². The molecule has 182 valence electrons. The number of nitrogens with two attached hydrogens (primary N) is 1. The third-order valence-electron chi connectivity index (χ3n) is 6.60. The molecule has 0 aliphatic carbocycles. The fourth-order valence-electron chi connectivity index (χ4n) is 4.72. The van der Waals surface area contributed by atoms with E-state index >= 15 is 0 Å². The maximum absolute atomic E-state index is 13.9. The maximum atomic E-state index is 13.9. The number of anilines is 1. The van der Waals surface area contributed by atoms with Crippen molar-refractivity contribution < 1.29 is 8.78 Å². The minimum atomic E-state index is -0.928. The largest absolute Gasteiger partial charge is 0.341 e. The van der Waals surface area contributed by atoms with E-state index < -0.39 is 11.6 Å². The molecular weight excluding hydrogens is 450 g/mol. The fraction of sp³-hybridized carbons (Fsp3) is 0.346. The minimum Gasteiger partial charge on any atom is -0.341 e. The summed E-state index contributed by atoms with van der Waals surface area (Å²) in [6, 6.07) is 13.8. The molecule has 2 aromatic heterocycles. The minimum absolute atomic E-state index is 0.00231. The van der Waals surface area contributed by atoms with E-state index in [2.05, 4.69) is 4.90 Å². The Morgan fingerprint density at radius 2 is 1.83 bits per heavy atom. The Balaban J connectivity index is 1.59. The van der Waals surface area contributed by atoms with Gasteiger partial charge in [-0.05, 0) is 42.5 Å². The van der Waals surface area contributed by atoms with Crippen LogP contribution in [0.25, 0.3) is 11.2 Å². The van der Waals surface area contributed by atoms with Crippen LogP contribution in [-0.4, -0.2) is 38.2 Å². The number of imidazole rings is 1. The molecule has 0 spiro atoms. The Morgan fingerprint density at radius 1 is 1.03 bits per heavy atom. The zero-order valence-electron chi connectivity index (χ0n) is 19.6. The Kier molecular flexibility index (Phi) is 6.34. The smallest absolute Gasteiger partial charge is 0.279 e. The van der Waals surface area contributed by atoms with Crippen LogP contribution in [0.2, 0.25) is 0 Å². The third kappa shape index (κ3) is 4.68. The predicted molar refractivity (Wildman–Crippen MR) is 132 cm³/mol. The van der Waals surface area contributed by atoms with Gasteiger partial charge in [0.1, 0.15) is 5.82 Å².